The van der Waals surface area contributed by atoms with Crippen molar-refractivity contribution in [1.29, 1.82) is 0 Å². The van der Waals surface area contributed by atoms with Crippen molar-refractivity contribution in [1.82, 2.24) is 20.4 Å². The van der Waals surface area contributed by atoms with E-state index in [1.807, 2.05) is 31.2 Å². The first-order chi connectivity index (χ1) is 13.7. The average Bonchev–Trinajstić information content (AvgIpc) is 3.16. The van der Waals surface area contributed by atoms with Gasteiger partial charge >= 0.3 is 0 Å². The Morgan fingerprint density at radius 3 is 3.04 bits per heavy atom. The summed E-state index contributed by atoms with van der Waals surface area (Å²) >= 11 is 0. The average molecular weight is 386 g/mol. The molecule has 1 aromatic carbocycles. The van der Waals surface area contributed by atoms with Crippen LogP contribution in [0.5, 0.6) is 5.75 Å². The molecule has 1 N–H and O–H groups in total. The van der Waals surface area contributed by atoms with E-state index in [4.69, 9.17) is 9.26 Å². The molecule has 1 aliphatic rings. The van der Waals surface area contributed by atoms with E-state index in [-0.39, 0.29) is 12.3 Å². The molecule has 7 heteroatoms. The van der Waals surface area contributed by atoms with Crippen LogP contribution in [0.2, 0.25) is 0 Å². The summed E-state index contributed by atoms with van der Waals surface area (Å²) in [6.07, 6.45) is 4.84. The molecule has 0 saturated carbocycles. The maximum Gasteiger partial charge on any atom is 0.261 e. The van der Waals surface area contributed by atoms with Gasteiger partial charge in [0.2, 0.25) is 5.91 Å². The number of hydrogen-bond donors (Lipinski definition) is 1. The number of amides is 1. The third kappa shape index (κ3) is 5.55. The normalized spacial score (nSPS) is 17.4. The summed E-state index contributed by atoms with van der Waals surface area (Å²) in [7, 11) is 0. The molecule has 1 saturated heterocycles. The van der Waals surface area contributed by atoms with Crippen LogP contribution >= 0.6 is 0 Å². The SMILES string of the molecule is CCCNC(=O)Cc1noc(-c2ccccc2OCCN2CCCCC2C)n1. The van der Waals surface area contributed by atoms with Crippen molar-refractivity contribution in [2.24, 2.45) is 0 Å². The molecule has 0 bridgehead atoms. The zero-order chi connectivity index (χ0) is 19.8. The number of benzene rings is 1. The molecular formula is C21H30N4O3. The first-order valence-corrected chi connectivity index (χ1v) is 10.2. The van der Waals surface area contributed by atoms with Crippen LogP contribution < -0.4 is 10.1 Å². The summed E-state index contributed by atoms with van der Waals surface area (Å²) in [5.74, 6) is 1.37. The van der Waals surface area contributed by atoms with E-state index in [0.29, 0.717) is 30.9 Å². The largest absolute Gasteiger partial charge is 0.491 e. The highest BCUT2D eigenvalue weighted by atomic mass is 16.5. The molecule has 3 rings (SSSR count). The minimum Gasteiger partial charge on any atom is -0.491 e. The van der Waals surface area contributed by atoms with Crippen LogP contribution in [0.3, 0.4) is 0 Å². The lowest BCUT2D eigenvalue weighted by molar-refractivity contribution is -0.120. The van der Waals surface area contributed by atoms with Gasteiger partial charge in [-0.2, -0.15) is 4.98 Å². The Bertz CT molecular complexity index is 762. The molecule has 2 aromatic rings. The number of carbonyl (C=O) groups excluding carboxylic acids is 1. The van der Waals surface area contributed by atoms with E-state index in [0.717, 1.165) is 30.8 Å². The number of hydrogen-bond acceptors (Lipinski definition) is 6. The second kappa shape index (κ2) is 10.2. The van der Waals surface area contributed by atoms with Gasteiger partial charge in [0.25, 0.3) is 5.89 Å². The van der Waals surface area contributed by atoms with Crippen molar-refractivity contribution in [3.8, 4) is 17.2 Å². The fourth-order valence-electron chi connectivity index (χ4n) is 3.44. The van der Waals surface area contributed by atoms with Crippen LogP contribution in [0.25, 0.3) is 11.5 Å². The molecule has 0 radical (unpaired) electrons. The van der Waals surface area contributed by atoms with Crippen LogP contribution in [0.1, 0.15) is 45.4 Å². The predicted octanol–water partition coefficient (Wildman–Crippen LogP) is 3.06. The number of piperidine rings is 1. The van der Waals surface area contributed by atoms with Gasteiger partial charge in [-0.3, -0.25) is 9.69 Å². The Kier molecular flexibility index (Phi) is 7.42. The molecule has 2 heterocycles. The van der Waals surface area contributed by atoms with E-state index in [1.54, 1.807) is 0 Å². The van der Waals surface area contributed by atoms with Gasteiger partial charge in [-0.15, -0.1) is 0 Å². The zero-order valence-electron chi connectivity index (χ0n) is 16.8. The first kappa shape index (κ1) is 20.3. The summed E-state index contributed by atoms with van der Waals surface area (Å²) in [5.41, 5.74) is 0.752. The number of aromatic nitrogens is 2. The van der Waals surface area contributed by atoms with Gasteiger partial charge in [0.15, 0.2) is 5.82 Å². The molecule has 1 fully saturated rings. The third-order valence-corrected chi connectivity index (χ3v) is 5.05. The summed E-state index contributed by atoms with van der Waals surface area (Å²) in [6, 6.07) is 8.26. The molecular weight excluding hydrogens is 356 g/mol. The smallest absolute Gasteiger partial charge is 0.261 e. The van der Waals surface area contributed by atoms with Crippen molar-refractivity contribution in [3.63, 3.8) is 0 Å². The van der Waals surface area contributed by atoms with E-state index >= 15 is 0 Å². The van der Waals surface area contributed by atoms with E-state index in [2.05, 4.69) is 27.3 Å². The maximum atomic E-state index is 11.8. The molecule has 1 unspecified atom stereocenters. The number of nitrogens with one attached hydrogen (secondary N) is 1. The van der Waals surface area contributed by atoms with Gasteiger partial charge in [0, 0.05) is 19.1 Å². The molecule has 28 heavy (non-hydrogen) atoms. The fourth-order valence-corrected chi connectivity index (χ4v) is 3.44. The van der Waals surface area contributed by atoms with Gasteiger partial charge in [0.05, 0.1) is 12.0 Å². The lowest BCUT2D eigenvalue weighted by Gasteiger charge is -2.33. The van der Waals surface area contributed by atoms with Crippen molar-refractivity contribution in [2.45, 2.75) is 52.0 Å². The standard InChI is InChI=1S/C21H30N4O3/c1-3-11-22-20(26)15-19-23-21(28-24-19)17-9-4-5-10-18(17)27-14-13-25-12-7-6-8-16(25)2/h4-5,9-10,16H,3,6-8,11-15H2,1-2H3,(H,22,26). The van der Waals surface area contributed by atoms with Crippen molar-refractivity contribution < 1.29 is 14.1 Å². The zero-order valence-corrected chi connectivity index (χ0v) is 16.8. The van der Waals surface area contributed by atoms with Crippen LogP contribution in [0.15, 0.2) is 28.8 Å². The highest BCUT2D eigenvalue weighted by molar-refractivity contribution is 5.77. The summed E-state index contributed by atoms with van der Waals surface area (Å²) < 4.78 is 11.4. The number of nitrogens with zero attached hydrogens (tertiary/aromatic N) is 3. The van der Waals surface area contributed by atoms with Crippen LogP contribution in [0, 0.1) is 0 Å². The van der Waals surface area contributed by atoms with Gasteiger partial charge in [0.1, 0.15) is 12.4 Å². The first-order valence-electron chi connectivity index (χ1n) is 10.2. The van der Waals surface area contributed by atoms with Crippen molar-refractivity contribution in [2.75, 3.05) is 26.2 Å². The van der Waals surface area contributed by atoms with Gasteiger partial charge < -0.3 is 14.6 Å². The predicted molar refractivity (Wildman–Crippen MR) is 107 cm³/mol. The molecule has 1 aromatic heterocycles. The number of likely N-dealkylation sites (tertiary alicyclic amines) is 1. The lowest BCUT2D eigenvalue weighted by Crippen LogP contribution is -2.39. The highest BCUT2D eigenvalue weighted by Gasteiger charge is 2.19. The van der Waals surface area contributed by atoms with Gasteiger partial charge in [-0.05, 0) is 44.9 Å². The van der Waals surface area contributed by atoms with Gasteiger partial charge in [-0.25, -0.2) is 0 Å². The Balaban J connectivity index is 1.60. The van der Waals surface area contributed by atoms with Crippen LogP contribution in [-0.2, 0) is 11.2 Å². The third-order valence-electron chi connectivity index (χ3n) is 5.05. The fraction of sp³-hybridized carbons (Fsp3) is 0.571. The number of carbonyl (C=O) groups is 1. The minimum absolute atomic E-state index is 0.102. The Labute approximate surface area is 166 Å². The molecule has 7 nitrogen and oxygen atoms in total. The Morgan fingerprint density at radius 1 is 1.36 bits per heavy atom. The topological polar surface area (TPSA) is 80.5 Å². The van der Waals surface area contributed by atoms with Crippen LogP contribution in [0.4, 0.5) is 0 Å². The maximum absolute atomic E-state index is 11.8. The second-order valence-electron chi connectivity index (χ2n) is 7.27. The molecule has 0 aliphatic carbocycles. The van der Waals surface area contributed by atoms with Crippen molar-refractivity contribution in [3.05, 3.63) is 30.1 Å². The highest BCUT2D eigenvalue weighted by Crippen LogP contribution is 2.28. The van der Waals surface area contributed by atoms with Gasteiger partial charge in [-0.1, -0.05) is 30.6 Å². The second-order valence-corrected chi connectivity index (χ2v) is 7.27. The quantitative estimate of drug-likeness (QED) is 0.713. The van der Waals surface area contributed by atoms with E-state index < -0.39 is 0 Å². The lowest BCUT2D eigenvalue weighted by atomic mass is 10.0. The molecule has 0 spiro atoms. The summed E-state index contributed by atoms with van der Waals surface area (Å²) in [5, 5.41) is 6.75. The molecule has 1 atom stereocenters. The molecule has 1 amide bonds. The monoisotopic (exact) mass is 386 g/mol. The van der Waals surface area contributed by atoms with Crippen molar-refractivity contribution >= 4 is 5.91 Å². The van der Waals surface area contributed by atoms with E-state index in [1.165, 1.54) is 19.3 Å². The molecule has 152 valence electrons. The minimum atomic E-state index is -0.102. The summed E-state index contributed by atoms with van der Waals surface area (Å²) in [6.45, 7) is 7.60. The summed E-state index contributed by atoms with van der Waals surface area (Å²) in [4.78, 5) is 18.7. The number of rotatable bonds is 9. The Hall–Kier alpha value is -2.41. The Morgan fingerprint density at radius 2 is 2.21 bits per heavy atom. The van der Waals surface area contributed by atoms with Crippen LogP contribution in [-0.4, -0.2) is 53.2 Å². The number of para-hydroxylation sites is 1. The number of ether oxygens (including phenoxy) is 1. The molecule has 1 aliphatic heterocycles. The van der Waals surface area contributed by atoms with E-state index in [9.17, 15) is 4.79 Å².